The zero-order valence-corrected chi connectivity index (χ0v) is 11.5. The summed E-state index contributed by atoms with van der Waals surface area (Å²) in [5.74, 6) is 0.608. The molecular weight excluding hydrogens is 214 g/mol. The maximum atomic E-state index is 9.55. The van der Waals surface area contributed by atoms with Crippen molar-refractivity contribution in [3.8, 4) is 0 Å². The van der Waals surface area contributed by atoms with Crippen LogP contribution in [0.4, 0.5) is 0 Å². The van der Waals surface area contributed by atoms with Crippen molar-refractivity contribution in [2.75, 3.05) is 32.9 Å². The molecule has 0 spiro atoms. The molecule has 0 amide bonds. The van der Waals surface area contributed by atoms with E-state index in [0.717, 1.165) is 26.3 Å². The Kier molecular flexibility index (Phi) is 7.09. The van der Waals surface area contributed by atoms with Crippen LogP contribution in [0.1, 0.15) is 46.0 Å². The molecule has 0 atom stereocenters. The van der Waals surface area contributed by atoms with Crippen molar-refractivity contribution >= 4 is 0 Å². The van der Waals surface area contributed by atoms with E-state index in [0.29, 0.717) is 12.5 Å². The van der Waals surface area contributed by atoms with Crippen LogP contribution in [0.2, 0.25) is 0 Å². The minimum atomic E-state index is 0.149. The number of aliphatic hydroxyl groups is 1. The Morgan fingerprint density at radius 2 is 1.94 bits per heavy atom. The number of hydrogen-bond donors (Lipinski definition) is 2. The van der Waals surface area contributed by atoms with Crippen molar-refractivity contribution in [2.24, 2.45) is 11.3 Å². The fourth-order valence-corrected chi connectivity index (χ4v) is 2.51. The summed E-state index contributed by atoms with van der Waals surface area (Å²) in [5.41, 5.74) is 0.149. The summed E-state index contributed by atoms with van der Waals surface area (Å²) >= 11 is 0. The molecule has 1 aliphatic carbocycles. The second kappa shape index (κ2) is 8.06. The van der Waals surface area contributed by atoms with Crippen LogP contribution in [0.3, 0.4) is 0 Å². The van der Waals surface area contributed by atoms with Gasteiger partial charge < -0.3 is 15.2 Å². The topological polar surface area (TPSA) is 41.5 Å². The first kappa shape index (κ1) is 14.9. The van der Waals surface area contributed by atoms with E-state index in [1.165, 1.54) is 32.1 Å². The Balaban J connectivity index is 2.07. The predicted molar refractivity (Wildman–Crippen MR) is 71.1 cm³/mol. The Labute approximate surface area is 106 Å². The number of ether oxygens (including phenoxy) is 1. The van der Waals surface area contributed by atoms with E-state index < -0.39 is 0 Å². The fourth-order valence-electron chi connectivity index (χ4n) is 2.51. The zero-order valence-electron chi connectivity index (χ0n) is 11.5. The molecule has 0 heterocycles. The third-order valence-corrected chi connectivity index (χ3v) is 3.62. The Morgan fingerprint density at radius 1 is 1.24 bits per heavy atom. The highest BCUT2D eigenvalue weighted by atomic mass is 16.5. The van der Waals surface area contributed by atoms with Gasteiger partial charge in [-0.05, 0) is 18.8 Å². The summed E-state index contributed by atoms with van der Waals surface area (Å²) in [6.45, 7) is 8.11. The van der Waals surface area contributed by atoms with Crippen molar-refractivity contribution in [2.45, 2.75) is 46.0 Å². The minimum absolute atomic E-state index is 0.149. The molecule has 0 unspecified atom stereocenters. The van der Waals surface area contributed by atoms with Gasteiger partial charge in [-0.2, -0.15) is 0 Å². The fraction of sp³-hybridized carbons (Fsp3) is 1.00. The molecule has 17 heavy (non-hydrogen) atoms. The Hall–Kier alpha value is -0.120. The van der Waals surface area contributed by atoms with Crippen LogP contribution in [-0.2, 0) is 4.74 Å². The molecule has 0 aromatic heterocycles. The monoisotopic (exact) mass is 243 g/mol. The molecule has 3 nitrogen and oxygen atoms in total. The summed E-state index contributed by atoms with van der Waals surface area (Å²) in [5, 5.41) is 13.0. The van der Waals surface area contributed by atoms with Crippen LogP contribution in [0.15, 0.2) is 0 Å². The average Bonchev–Trinajstić information content (AvgIpc) is 2.34. The highest BCUT2D eigenvalue weighted by molar-refractivity contribution is 4.84. The van der Waals surface area contributed by atoms with Crippen molar-refractivity contribution in [3.05, 3.63) is 0 Å². The second-order valence-electron chi connectivity index (χ2n) is 5.86. The van der Waals surface area contributed by atoms with Crippen LogP contribution < -0.4 is 5.32 Å². The molecule has 3 heteroatoms. The smallest absolute Gasteiger partial charge is 0.0591 e. The lowest BCUT2D eigenvalue weighted by atomic mass is 9.74. The third-order valence-electron chi connectivity index (χ3n) is 3.62. The molecule has 102 valence electrons. The van der Waals surface area contributed by atoms with Gasteiger partial charge in [-0.1, -0.05) is 33.1 Å². The number of nitrogens with one attached hydrogen (secondary N) is 1. The van der Waals surface area contributed by atoms with E-state index in [1.54, 1.807) is 0 Å². The molecule has 1 rings (SSSR count). The lowest BCUT2D eigenvalue weighted by molar-refractivity contribution is 0.0735. The van der Waals surface area contributed by atoms with Crippen molar-refractivity contribution < 1.29 is 9.84 Å². The van der Waals surface area contributed by atoms with Gasteiger partial charge in [0.25, 0.3) is 0 Å². The molecule has 0 bridgehead atoms. The third kappa shape index (κ3) is 5.84. The highest BCUT2D eigenvalue weighted by Crippen LogP contribution is 2.35. The SMILES string of the molecule is CC(C)COCCNCC1(CO)CCCCC1. The maximum Gasteiger partial charge on any atom is 0.0591 e. The largest absolute Gasteiger partial charge is 0.396 e. The van der Waals surface area contributed by atoms with Crippen LogP contribution in [0.5, 0.6) is 0 Å². The van der Waals surface area contributed by atoms with Gasteiger partial charge in [-0.15, -0.1) is 0 Å². The Morgan fingerprint density at radius 3 is 2.53 bits per heavy atom. The first-order chi connectivity index (χ1) is 8.18. The zero-order chi connectivity index (χ0) is 12.6. The van der Waals surface area contributed by atoms with Crippen LogP contribution in [0, 0.1) is 11.3 Å². The molecule has 0 aromatic carbocycles. The van der Waals surface area contributed by atoms with Gasteiger partial charge in [0.1, 0.15) is 0 Å². The standard InChI is InChI=1S/C14H29NO2/c1-13(2)10-17-9-8-15-11-14(12-16)6-4-3-5-7-14/h13,15-16H,3-12H2,1-2H3. The van der Waals surface area contributed by atoms with Gasteiger partial charge >= 0.3 is 0 Å². The molecule has 0 saturated heterocycles. The van der Waals surface area contributed by atoms with Gasteiger partial charge in [0, 0.05) is 31.7 Å². The molecule has 2 N–H and O–H groups in total. The summed E-state index contributed by atoms with van der Waals surface area (Å²) in [6, 6.07) is 0. The summed E-state index contributed by atoms with van der Waals surface area (Å²) in [4.78, 5) is 0. The predicted octanol–water partition coefficient (Wildman–Crippen LogP) is 2.19. The summed E-state index contributed by atoms with van der Waals surface area (Å²) in [7, 11) is 0. The lowest BCUT2D eigenvalue weighted by Crippen LogP contribution is -2.40. The molecule has 1 saturated carbocycles. The highest BCUT2D eigenvalue weighted by Gasteiger charge is 2.30. The van der Waals surface area contributed by atoms with Gasteiger partial charge in [0.05, 0.1) is 6.61 Å². The summed E-state index contributed by atoms with van der Waals surface area (Å²) < 4.78 is 5.53. The first-order valence-electron chi connectivity index (χ1n) is 7.08. The van der Waals surface area contributed by atoms with E-state index in [2.05, 4.69) is 19.2 Å². The molecule has 1 aliphatic rings. The molecule has 0 aliphatic heterocycles. The van der Waals surface area contributed by atoms with Crippen LogP contribution >= 0.6 is 0 Å². The van der Waals surface area contributed by atoms with Gasteiger partial charge in [-0.25, -0.2) is 0 Å². The van der Waals surface area contributed by atoms with E-state index in [-0.39, 0.29) is 5.41 Å². The van der Waals surface area contributed by atoms with E-state index in [9.17, 15) is 5.11 Å². The minimum Gasteiger partial charge on any atom is -0.396 e. The lowest BCUT2D eigenvalue weighted by Gasteiger charge is -2.35. The Bertz CT molecular complexity index is 189. The average molecular weight is 243 g/mol. The number of hydrogen-bond acceptors (Lipinski definition) is 3. The van der Waals surface area contributed by atoms with Crippen LogP contribution in [0.25, 0.3) is 0 Å². The van der Waals surface area contributed by atoms with E-state index >= 15 is 0 Å². The van der Waals surface area contributed by atoms with Crippen molar-refractivity contribution in [1.29, 1.82) is 0 Å². The van der Waals surface area contributed by atoms with Gasteiger partial charge in [-0.3, -0.25) is 0 Å². The first-order valence-corrected chi connectivity index (χ1v) is 7.08. The van der Waals surface area contributed by atoms with Crippen molar-refractivity contribution in [1.82, 2.24) is 5.32 Å². The van der Waals surface area contributed by atoms with E-state index in [4.69, 9.17) is 4.74 Å². The molecule has 0 radical (unpaired) electrons. The number of rotatable bonds is 8. The number of aliphatic hydroxyl groups excluding tert-OH is 1. The maximum absolute atomic E-state index is 9.55. The molecule has 1 fully saturated rings. The van der Waals surface area contributed by atoms with E-state index in [1.807, 2.05) is 0 Å². The van der Waals surface area contributed by atoms with Gasteiger partial charge in [0.15, 0.2) is 0 Å². The van der Waals surface area contributed by atoms with Crippen LogP contribution in [-0.4, -0.2) is 38.0 Å². The van der Waals surface area contributed by atoms with Crippen molar-refractivity contribution in [3.63, 3.8) is 0 Å². The normalized spacial score (nSPS) is 19.8. The second-order valence-corrected chi connectivity index (χ2v) is 5.86. The van der Waals surface area contributed by atoms with Gasteiger partial charge in [0.2, 0.25) is 0 Å². The quantitative estimate of drug-likeness (QED) is 0.642. The molecular formula is C14H29NO2. The molecule has 0 aromatic rings. The summed E-state index contributed by atoms with van der Waals surface area (Å²) in [6.07, 6.45) is 6.21.